The Hall–Kier alpha value is -3.04. The average Bonchev–Trinajstić information content (AvgIpc) is 2.89. The van der Waals surface area contributed by atoms with Crippen LogP contribution in [-0.2, 0) is 15.9 Å². The first-order valence-electron chi connectivity index (χ1n) is 12.5. The standard InChI is InChI=1S/C26H35N5O4/c1-34-15-16-35-14-6-8-24(32)31-13-9-22(18-23(31)27)30-12-5-7-20-17-21(19-28-25(20)30)26(33)29-10-3-2-4-11-29/h9,13,17-19,27H,2-8,10-12,14-16H2,1H3. The van der Waals surface area contributed by atoms with Crippen LogP contribution in [0.5, 0.6) is 0 Å². The predicted molar refractivity (Wildman–Crippen MR) is 132 cm³/mol. The number of amides is 1. The van der Waals surface area contributed by atoms with E-state index >= 15 is 0 Å². The number of hydrogen-bond acceptors (Lipinski definition) is 7. The molecule has 0 saturated carbocycles. The highest BCUT2D eigenvalue weighted by Crippen LogP contribution is 2.31. The van der Waals surface area contributed by atoms with Gasteiger partial charge in [0.15, 0.2) is 0 Å². The van der Waals surface area contributed by atoms with Crippen LogP contribution in [0, 0.1) is 5.41 Å². The van der Waals surface area contributed by atoms with Crippen molar-refractivity contribution in [2.24, 2.45) is 0 Å². The fourth-order valence-electron chi connectivity index (χ4n) is 4.68. The molecule has 0 aliphatic carbocycles. The molecule has 9 nitrogen and oxygen atoms in total. The SMILES string of the molecule is COCCOCCCC(=O)n1ccc(N2CCCc3cc(C(=O)N4CCCCC4)cnc32)cc1=N. The molecular formula is C26H35N5O4. The Morgan fingerprint density at radius 3 is 2.66 bits per heavy atom. The molecule has 2 aromatic rings. The molecule has 2 aliphatic rings. The van der Waals surface area contributed by atoms with E-state index in [4.69, 9.17) is 14.9 Å². The Morgan fingerprint density at radius 2 is 1.89 bits per heavy atom. The van der Waals surface area contributed by atoms with Crippen molar-refractivity contribution in [2.45, 2.75) is 44.9 Å². The van der Waals surface area contributed by atoms with Crippen molar-refractivity contribution in [2.75, 3.05) is 51.5 Å². The number of anilines is 2. The largest absolute Gasteiger partial charge is 0.382 e. The highest BCUT2D eigenvalue weighted by atomic mass is 16.5. The van der Waals surface area contributed by atoms with Crippen LogP contribution in [0.25, 0.3) is 0 Å². The van der Waals surface area contributed by atoms with Crippen LogP contribution in [0.3, 0.4) is 0 Å². The molecular weight excluding hydrogens is 446 g/mol. The summed E-state index contributed by atoms with van der Waals surface area (Å²) in [5, 5.41) is 8.42. The zero-order valence-corrected chi connectivity index (χ0v) is 20.5. The third kappa shape index (κ3) is 6.15. The molecule has 1 N–H and O–H groups in total. The second-order valence-electron chi connectivity index (χ2n) is 9.06. The van der Waals surface area contributed by atoms with Gasteiger partial charge in [0.25, 0.3) is 5.91 Å². The lowest BCUT2D eigenvalue weighted by molar-refractivity contribution is 0.0655. The molecule has 1 amide bonds. The van der Waals surface area contributed by atoms with Crippen LogP contribution in [0.1, 0.15) is 59.2 Å². The number of carbonyl (C=O) groups excluding carboxylic acids is 2. The molecule has 0 unspecified atom stereocenters. The fourth-order valence-corrected chi connectivity index (χ4v) is 4.68. The van der Waals surface area contributed by atoms with Crippen molar-refractivity contribution < 1.29 is 19.1 Å². The van der Waals surface area contributed by atoms with E-state index < -0.39 is 0 Å². The van der Waals surface area contributed by atoms with Gasteiger partial charge in [-0.3, -0.25) is 19.6 Å². The summed E-state index contributed by atoms with van der Waals surface area (Å²) in [6.07, 6.45) is 9.35. The molecule has 1 saturated heterocycles. The van der Waals surface area contributed by atoms with Crippen molar-refractivity contribution in [3.05, 3.63) is 47.2 Å². The Bertz CT molecular complexity index is 1090. The minimum absolute atomic E-state index is 0.0638. The number of piperidine rings is 1. The molecule has 2 aliphatic heterocycles. The molecule has 35 heavy (non-hydrogen) atoms. The average molecular weight is 482 g/mol. The van der Waals surface area contributed by atoms with Crippen LogP contribution in [-0.4, -0.2) is 72.8 Å². The van der Waals surface area contributed by atoms with Gasteiger partial charge < -0.3 is 19.3 Å². The number of pyridine rings is 2. The van der Waals surface area contributed by atoms with Gasteiger partial charge in [-0.1, -0.05) is 0 Å². The molecule has 9 heteroatoms. The van der Waals surface area contributed by atoms with E-state index in [-0.39, 0.29) is 17.3 Å². The summed E-state index contributed by atoms with van der Waals surface area (Å²) in [6.45, 7) is 3.94. The van der Waals surface area contributed by atoms with Gasteiger partial charge in [-0.2, -0.15) is 0 Å². The number of methoxy groups -OCH3 is 1. The maximum atomic E-state index is 12.9. The molecule has 2 aromatic heterocycles. The van der Waals surface area contributed by atoms with Crippen molar-refractivity contribution >= 4 is 23.3 Å². The smallest absolute Gasteiger partial charge is 0.255 e. The molecule has 0 bridgehead atoms. The molecule has 188 valence electrons. The number of carbonyl (C=O) groups is 2. The monoisotopic (exact) mass is 481 g/mol. The van der Waals surface area contributed by atoms with Gasteiger partial charge in [-0.05, 0) is 56.2 Å². The minimum atomic E-state index is -0.130. The highest BCUT2D eigenvalue weighted by Gasteiger charge is 2.24. The van der Waals surface area contributed by atoms with Crippen molar-refractivity contribution in [3.8, 4) is 0 Å². The molecule has 0 spiro atoms. The summed E-state index contributed by atoms with van der Waals surface area (Å²) in [7, 11) is 1.62. The fraction of sp³-hybridized carbons (Fsp3) is 0.538. The first-order chi connectivity index (χ1) is 17.1. The zero-order valence-electron chi connectivity index (χ0n) is 20.5. The van der Waals surface area contributed by atoms with E-state index in [2.05, 4.69) is 9.88 Å². The van der Waals surface area contributed by atoms with Gasteiger partial charge in [-0.25, -0.2) is 4.98 Å². The zero-order chi connectivity index (χ0) is 24.6. The highest BCUT2D eigenvalue weighted by molar-refractivity contribution is 5.94. The quantitative estimate of drug-likeness (QED) is 0.552. The Morgan fingerprint density at radius 1 is 1.06 bits per heavy atom. The third-order valence-corrected chi connectivity index (χ3v) is 6.55. The maximum Gasteiger partial charge on any atom is 0.255 e. The normalized spacial score (nSPS) is 15.7. The van der Waals surface area contributed by atoms with Crippen LogP contribution in [0.4, 0.5) is 11.5 Å². The van der Waals surface area contributed by atoms with Gasteiger partial charge in [0.1, 0.15) is 11.3 Å². The summed E-state index contributed by atoms with van der Waals surface area (Å²) in [6, 6.07) is 5.54. The van der Waals surface area contributed by atoms with E-state index in [1.54, 1.807) is 25.6 Å². The Kier molecular flexibility index (Phi) is 8.65. The number of rotatable bonds is 9. The van der Waals surface area contributed by atoms with Gasteiger partial charge in [0, 0.05) is 63.9 Å². The number of ether oxygens (including phenoxy) is 2. The summed E-state index contributed by atoms with van der Waals surface area (Å²) < 4.78 is 11.7. The van der Waals surface area contributed by atoms with Crippen LogP contribution >= 0.6 is 0 Å². The Balaban J connectivity index is 1.43. The number of hydrogen-bond donors (Lipinski definition) is 1. The first-order valence-corrected chi connectivity index (χ1v) is 12.5. The second kappa shape index (κ2) is 12.1. The van der Waals surface area contributed by atoms with Gasteiger partial charge in [0.05, 0.1) is 18.8 Å². The van der Waals surface area contributed by atoms with Crippen LogP contribution in [0.15, 0.2) is 30.6 Å². The molecule has 0 atom stereocenters. The van der Waals surface area contributed by atoms with E-state index in [9.17, 15) is 9.59 Å². The number of likely N-dealkylation sites (tertiary alicyclic amines) is 1. The van der Waals surface area contributed by atoms with Crippen molar-refractivity contribution in [1.29, 1.82) is 5.41 Å². The van der Waals surface area contributed by atoms with Crippen molar-refractivity contribution in [1.82, 2.24) is 14.5 Å². The third-order valence-electron chi connectivity index (χ3n) is 6.55. The lowest BCUT2D eigenvalue weighted by Gasteiger charge is -2.31. The number of nitrogens with zero attached hydrogens (tertiary/aromatic N) is 4. The van der Waals surface area contributed by atoms with E-state index in [0.717, 1.165) is 62.4 Å². The van der Waals surface area contributed by atoms with E-state index in [0.29, 0.717) is 38.2 Å². The number of nitrogens with one attached hydrogen (secondary N) is 1. The lowest BCUT2D eigenvalue weighted by Crippen LogP contribution is -2.36. The molecule has 0 radical (unpaired) electrons. The van der Waals surface area contributed by atoms with Crippen LogP contribution in [0.2, 0.25) is 0 Å². The van der Waals surface area contributed by atoms with Crippen LogP contribution < -0.4 is 10.4 Å². The topological polar surface area (TPSA) is 101 Å². The van der Waals surface area contributed by atoms with Gasteiger partial charge in [0.2, 0.25) is 5.91 Å². The molecule has 4 rings (SSSR count). The molecule has 1 fully saturated rings. The molecule has 4 heterocycles. The summed E-state index contributed by atoms with van der Waals surface area (Å²) in [4.78, 5) is 34.2. The molecule has 0 aromatic carbocycles. The summed E-state index contributed by atoms with van der Waals surface area (Å²) in [5.41, 5.74) is 2.66. The first kappa shape index (κ1) is 25.1. The number of aromatic nitrogens is 2. The second-order valence-corrected chi connectivity index (χ2v) is 9.06. The predicted octanol–water partition coefficient (Wildman–Crippen LogP) is 3.16. The maximum absolute atomic E-state index is 12.9. The summed E-state index contributed by atoms with van der Waals surface area (Å²) in [5.74, 6) is 0.756. The number of fused-ring (bicyclic) bond motifs is 1. The van der Waals surface area contributed by atoms with E-state index in [1.807, 2.05) is 17.0 Å². The Labute approximate surface area is 206 Å². The lowest BCUT2D eigenvalue weighted by atomic mass is 10.0. The van der Waals surface area contributed by atoms with E-state index in [1.165, 1.54) is 11.0 Å². The summed E-state index contributed by atoms with van der Waals surface area (Å²) >= 11 is 0. The number of aryl methyl sites for hydroxylation is 1. The van der Waals surface area contributed by atoms with Gasteiger partial charge in [-0.15, -0.1) is 0 Å². The van der Waals surface area contributed by atoms with Crippen molar-refractivity contribution in [3.63, 3.8) is 0 Å². The van der Waals surface area contributed by atoms with Gasteiger partial charge >= 0.3 is 0 Å². The minimum Gasteiger partial charge on any atom is -0.382 e.